The van der Waals surface area contributed by atoms with Crippen LogP contribution in [0.3, 0.4) is 0 Å². The van der Waals surface area contributed by atoms with Crippen LogP contribution in [0.4, 0.5) is 0 Å². The van der Waals surface area contributed by atoms with Gasteiger partial charge >= 0.3 is 0 Å². The zero-order valence-electron chi connectivity index (χ0n) is 10.7. The fourth-order valence-corrected chi connectivity index (χ4v) is 1.58. The van der Waals surface area contributed by atoms with Crippen molar-refractivity contribution in [2.75, 3.05) is 0 Å². The first-order valence-electron chi connectivity index (χ1n) is 6.03. The standard InChI is InChI=1S/C14H18N2O2/c1-3-4-10(2)9-16-14(18)12-7-5-11(6-8-12)13(15)17/h5-10H,3-4H2,1-2H3,(H2,15,17). The number of hydrogen-bond donors (Lipinski definition) is 1. The average Bonchev–Trinajstić information content (AvgIpc) is 2.36. The van der Waals surface area contributed by atoms with Crippen molar-refractivity contribution in [1.29, 1.82) is 0 Å². The summed E-state index contributed by atoms with van der Waals surface area (Å²) in [4.78, 5) is 26.5. The summed E-state index contributed by atoms with van der Waals surface area (Å²) in [6.07, 6.45) is 3.75. The minimum absolute atomic E-state index is 0.295. The van der Waals surface area contributed by atoms with Crippen LogP contribution in [0.25, 0.3) is 0 Å². The van der Waals surface area contributed by atoms with Crippen LogP contribution in [0.15, 0.2) is 29.3 Å². The fourth-order valence-electron chi connectivity index (χ4n) is 1.58. The maximum absolute atomic E-state index is 11.7. The lowest BCUT2D eigenvalue weighted by molar-refractivity contribution is 0.0989. The molecule has 0 saturated carbocycles. The second-order valence-electron chi connectivity index (χ2n) is 4.29. The molecule has 1 unspecified atom stereocenters. The normalized spacial score (nSPS) is 12.6. The van der Waals surface area contributed by atoms with Gasteiger partial charge in [-0.15, -0.1) is 0 Å². The second kappa shape index (κ2) is 6.69. The average molecular weight is 246 g/mol. The Hall–Kier alpha value is -1.97. The van der Waals surface area contributed by atoms with Crippen LogP contribution in [0.2, 0.25) is 0 Å². The van der Waals surface area contributed by atoms with E-state index < -0.39 is 5.91 Å². The number of carbonyl (C=O) groups is 2. The van der Waals surface area contributed by atoms with Crippen LogP contribution in [-0.2, 0) is 0 Å². The first kappa shape index (κ1) is 14.1. The molecule has 4 nitrogen and oxygen atoms in total. The predicted molar refractivity (Wildman–Crippen MR) is 71.9 cm³/mol. The molecule has 1 atom stereocenters. The minimum Gasteiger partial charge on any atom is -0.366 e. The molecule has 0 aliphatic heterocycles. The Morgan fingerprint density at radius 1 is 1.28 bits per heavy atom. The molecule has 4 heteroatoms. The number of hydrogen-bond acceptors (Lipinski definition) is 2. The Labute approximate surface area is 107 Å². The van der Waals surface area contributed by atoms with Gasteiger partial charge in [0.15, 0.2) is 0 Å². The molecule has 0 heterocycles. The molecule has 0 radical (unpaired) electrons. The Morgan fingerprint density at radius 2 is 1.83 bits per heavy atom. The van der Waals surface area contributed by atoms with E-state index in [-0.39, 0.29) is 5.91 Å². The summed E-state index contributed by atoms with van der Waals surface area (Å²) >= 11 is 0. The van der Waals surface area contributed by atoms with E-state index in [0.717, 1.165) is 12.8 Å². The van der Waals surface area contributed by atoms with Gasteiger partial charge in [0.05, 0.1) is 0 Å². The maximum atomic E-state index is 11.7. The zero-order chi connectivity index (χ0) is 13.5. The van der Waals surface area contributed by atoms with E-state index in [9.17, 15) is 9.59 Å². The lowest BCUT2D eigenvalue weighted by Crippen LogP contribution is -2.11. The summed E-state index contributed by atoms with van der Waals surface area (Å²) in [7, 11) is 0. The molecule has 2 amide bonds. The van der Waals surface area contributed by atoms with E-state index >= 15 is 0 Å². The topological polar surface area (TPSA) is 72.5 Å². The van der Waals surface area contributed by atoms with E-state index in [4.69, 9.17) is 5.73 Å². The van der Waals surface area contributed by atoms with Crippen LogP contribution in [0, 0.1) is 5.92 Å². The van der Waals surface area contributed by atoms with Crippen molar-refractivity contribution in [3.63, 3.8) is 0 Å². The van der Waals surface area contributed by atoms with Gasteiger partial charge < -0.3 is 5.73 Å². The van der Waals surface area contributed by atoms with Crippen LogP contribution < -0.4 is 5.73 Å². The minimum atomic E-state index is -0.505. The van der Waals surface area contributed by atoms with Gasteiger partial charge in [-0.2, -0.15) is 0 Å². The highest BCUT2D eigenvalue weighted by Crippen LogP contribution is 2.07. The predicted octanol–water partition coefficient (Wildman–Crippen LogP) is 2.43. The van der Waals surface area contributed by atoms with Gasteiger partial charge in [0, 0.05) is 17.3 Å². The number of nitrogens with two attached hydrogens (primary N) is 1. The van der Waals surface area contributed by atoms with E-state index in [1.807, 2.05) is 6.92 Å². The van der Waals surface area contributed by atoms with Gasteiger partial charge in [-0.05, 0) is 36.6 Å². The molecule has 1 rings (SSSR count). The summed E-state index contributed by atoms with van der Waals surface area (Å²) in [6, 6.07) is 6.18. The molecule has 0 bridgehead atoms. The van der Waals surface area contributed by atoms with Crippen LogP contribution in [0.1, 0.15) is 47.4 Å². The van der Waals surface area contributed by atoms with Crippen LogP contribution in [-0.4, -0.2) is 18.0 Å². The molecule has 18 heavy (non-hydrogen) atoms. The monoisotopic (exact) mass is 246 g/mol. The second-order valence-corrected chi connectivity index (χ2v) is 4.29. The number of carbonyl (C=O) groups excluding carboxylic acids is 2. The van der Waals surface area contributed by atoms with Gasteiger partial charge in [-0.25, -0.2) is 4.99 Å². The maximum Gasteiger partial charge on any atom is 0.276 e. The third-order valence-corrected chi connectivity index (χ3v) is 2.61. The molecular formula is C14H18N2O2. The summed E-state index contributed by atoms with van der Waals surface area (Å²) in [5.74, 6) is -0.508. The van der Waals surface area contributed by atoms with E-state index in [1.165, 1.54) is 12.1 Å². The molecule has 0 fully saturated rings. The van der Waals surface area contributed by atoms with Crippen molar-refractivity contribution in [3.05, 3.63) is 35.4 Å². The molecule has 1 aromatic rings. The SMILES string of the molecule is CCCC(C)C=NC(=O)c1ccc(C(N)=O)cc1. The van der Waals surface area contributed by atoms with Gasteiger partial charge in [0.1, 0.15) is 0 Å². The number of benzene rings is 1. The largest absolute Gasteiger partial charge is 0.366 e. The summed E-state index contributed by atoms with van der Waals surface area (Å²) in [5, 5.41) is 0. The van der Waals surface area contributed by atoms with E-state index in [0.29, 0.717) is 17.0 Å². The van der Waals surface area contributed by atoms with Gasteiger partial charge in [0.2, 0.25) is 5.91 Å². The number of primary amides is 1. The Kier molecular flexibility index (Phi) is 5.24. The molecule has 96 valence electrons. The molecular weight excluding hydrogens is 228 g/mol. The van der Waals surface area contributed by atoms with Gasteiger partial charge in [-0.3, -0.25) is 9.59 Å². The molecule has 0 spiro atoms. The highest BCUT2D eigenvalue weighted by Gasteiger charge is 2.05. The molecule has 0 aromatic heterocycles. The van der Waals surface area contributed by atoms with Crippen molar-refractivity contribution in [3.8, 4) is 0 Å². The van der Waals surface area contributed by atoms with Crippen LogP contribution >= 0.6 is 0 Å². The highest BCUT2D eigenvalue weighted by molar-refractivity contribution is 6.00. The molecule has 1 aromatic carbocycles. The van der Waals surface area contributed by atoms with Gasteiger partial charge in [-0.1, -0.05) is 20.3 Å². The fraction of sp³-hybridized carbons (Fsp3) is 0.357. The molecule has 0 saturated heterocycles. The summed E-state index contributed by atoms with van der Waals surface area (Å²) < 4.78 is 0. The van der Waals surface area contributed by atoms with Crippen LogP contribution in [0.5, 0.6) is 0 Å². The molecule has 2 N–H and O–H groups in total. The smallest absolute Gasteiger partial charge is 0.276 e. The Morgan fingerprint density at radius 3 is 2.33 bits per heavy atom. The third-order valence-electron chi connectivity index (χ3n) is 2.61. The first-order valence-corrected chi connectivity index (χ1v) is 6.03. The van der Waals surface area contributed by atoms with Gasteiger partial charge in [0.25, 0.3) is 5.91 Å². The Bertz CT molecular complexity index is 449. The quantitative estimate of drug-likeness (QED) is 0.810. The molecule has 0 aliphatic rings. The van der Waals surface area contributed by atoms with Crippen molar-refractivity contribution < 1.29 is 9.59 Å². The molecule has 0 aliphatic carbocycles. The van der Waals surface area contributed by atoms with Crippen molar-refractivity contribution in [2.24, 2.45) is 16.6 Å². The third kappa shape index (κ3) is 4.13. The van der Waals surface area contributed by atoms with E-state index in [2.05, 4.69) is 11.9 Å². The highest BCUT2D eigenvalue weighted by atomic mass is 16.1. The number of rotatable bonds is 5. The number of amides is 2. The van der Waals surface area contributed by atoms with Crippen molar-refractivity contribution in [1.82, 2.24) is 0 Å². The lowest BCUT2D eigenvalue weighted by Gasteiger charge is -2.01. The van der Waals surface area contributed by atoms with Crippen molar-refractivity contribution >= 4 is 18.0 Å². The summed E-state index contributed by atoms with van der Waals surface area (Å²) in [5.41, 5.74) is 5.96. The van der Waals surface area contributed by atoms with Crippen molar-refractivity contribution in [2.45, 2.75) is 26.7 Å². The van der Waals surface area contributed by atoms with E-state index in [1.54, 1.807) is 18.3 Å². The first-order chi connectivity index (χ1) is 8.54. The number of nitrogens with zero attached hydrogens (tertiary/aromatic N) is 1. The number of aliphatic imine (C=N–C) groups is 1. The summed E-state index contributed by atoms with van der Waals surface area (Å²) in [6.45, 7) is 4.12. The zero-order valence-corrected chi connectivity index (χ0v) is 10.7. The lowest BCUT2D eigenvalue weighted by atomic mass is 10.1. The Balaban J connectivity index is 2.70.